The minimum Gasteiger partial charge on any atom is -0.325 e. The van der Waals surface area contributed by atoms with Crippen LogP contribution in [0, 0.1) is 0 Å². The van der Waals surface area contributed by atoms with E-state index in [4.69, 9.17) is 0 Å². The molecule has 5 nitrogen and oxygen atoms in total. The maximum atomic E-state index is 12.3. The first kappa shape index (κ1) is 16.1. The number of anilines is 1. The first-order valence-electron chi connectivity index (χ1n) is 8.04. The third-order valence-electron chi connectivity index (χ3n) is 4.09. The Balaban J connectivity index is 1.60. The fourth-order valence-electron chi connectivity index (χ4n) is 2.41. The lowest BCUT2D eigenvalue weighted by molar-refractivity contribution is -0.115. The highest BCUT2D eigenvalue weighted by Crippen LogP contribution is 2.39. The zero-order chi connectivity index (χ0) is 16.4. The first-order chi connectivity index (χ1) is 11.1. The number of aromatic nitrogens is 3. The molecule has 0 bridgehead atoms. The molecule has 0 radical (unpaired) electrons. The van der Waals surface area contributed by atoms with Crippen LogP contribution >= 0.6 is 11.8 Å². The predicted molar refractivity (Wildman–Crippen MR) is 92.7 cm³/mol. The summed E-state index contributed by atoms with van der Waals surface area (Å²) in [6.45, 7) is 4.01. The van der Waals surface area contributed by atoms with Crippen LogP contribution in [0.3, 0.4) is 0 Å². The van der Waals surface area contributed by atoms with Gasteiger partial charge in [0.05, 0.1) is 5.25 Å². The highest BCUT2D eigenvalue weighted by Gasteiger charge is 2.30. The van der Waals surface area contributed by atoms with Gasteiger partial charge in [-0.25, -0.2) is 0 Å². The molecule has 6 heteroatoms. The number of aryl methyl sites for hydroxylation is 1. The van der Waals surface area contributed by atoms with Crippen molar-refractivity contribution in [2.45, 2.75) is 49.4 Å². The molecule has 122 valence electrons. The molecule has 3 rings (SSSR count). The van der Waals surface area contributed by atoms with Crippen molar-refractivity contribution in [1.29, 1.82) is 0 Å². The fourth-order valence-corrected chi connectivity index (χ4v) is 3.23. The van der Waals surface area contributed by atoms with Crippen LogP contribution in [0.15, 0.2) is 29.4 Å². The number of rotatable bonds is 6. The molecule has 23 heavy (non-hydrogen) atoms. The van der Waals surface area contributed by atoms with Crippen molar-refractivity contribution in [3.8, 4) is 0 Å². The molecule has 0 aliphatic heterocycles. The average molecular weight is 330 g/mol. The molecule has 1 saturated carbocycles. The summed E-state index contributed by atoms with van der Waals surface area (Å²) in [6.07, 6.45) is 3.39. The van der Waals surface area contributed by atoms with E-state index in [0.29, 0.717) is 5.92 Å². The van der Waals surface area contributed by atoms with Gasteiger partial charge in [0.2, 0.25) is 5.91 Å². The van der Waals surface area contributed by atoms with E-state index >= 15 is 0 Å². The molecule has 1 fully saturated rings. The first-order valence-corrected chi connectivity index (χ1v) is 8.92. The number of nitrogens with zero attached hydrogens (tertiary/aromatic N) is 3. The van der Waals surface area contributed by atoms with E-state index in [1.54, 1.807) is 0 Å². The summed E-state index contributed by atoms with van der Waals surface area (Å²) in [5, 5.41) is 12.0. The zero-order valence-electron chi connectivity index (χ0n) is 13.7. The zero-order valence-corrected chi connectivity index (χ0v) is 14.6. The number of amides is 1. The van der Waals surface area contributed by atoms with Gasteiger partial charge < -0.3 is 9.88 Å². The van der Waals surface area contributed by atoms with Crippen molar-refractivity contribution in [3.63, 3.8) is 0 Å². The van der Waals surface area contributed by atoms with Gasteiger partial charge in [-0.15, -0.1) is 10.2 Å². The third kappa shape index (κ3) is 3.75. The van der Waals surface area contributed by atoms with E-state index in [-0.39, 0.29) is 11.2 Å². The lowest BCUT2D eigenvalue weighted by Crippen LogP contribution is -2.22. The highest BCUT2D eigenvalue weighted by atomic mass is 32.2. The molecule has 1 aromatic heterocycles. The van der Waals surface area contributed by atoms with E-state index < -0.39 is 0 Å². The second kappa shape index (κ2) is 6.74. The number of nitrogens with one attached hydrogen (secondary N) is 1. The van der Waals surface area contributed by atoms with Crippen molar-refractivity contribution in [1.82, 2.24) is 14.8 Å². The summed E-state index contributed by atoms with van der Waals surface area (Å²) < 4.78 is 2.02. The van der Waals surface area contributed by atoms with E-state index in [1.807, 2.05) is 42.8 Å². The fraction of sp³-hybridized carbons (Fsp3) is 0.471. The Morgan fingerprint density at radius 3 is 2.65 bits per heavy atom. The Morgan fingerprint density at radius 1 is 1.35 bits per heavy atom. The van der Waals surface area contributed by atoms with Crippen LogP contribution in [-0.2, 0) is 18.3 Å². The maximum absolute atomic E-state index is 12.3. The Labute approximate surface area is 140 Å². The van der Waals surface area contributed by atoms with Gasteiger partial charge in [-0.2, -0.15) is 0 Å². The van der Waals surface area contributed by atoms with Gasteiger partial charge in [-0.3, -0.25) is 4.79 Å². The minimum absolute atomic E-state index is 0.0183. The Bertz CT molecular complexity index is 691. The van der Waals surface area contributed by atoms with Gasteiger partial charge in [-0.05, 0) is 43.9 Å². The largest absolute Gasteiger partial charge is 0.325 e. The number of hydrogen-bond acceptors (Lipinski definition) is 4. The van der Waals surface area contributed by atoms with E-state index in [1.165, 1.54) is 30.2 Å². The second-order valence-electron chi connectivity index (χ2n) is 5.97. The molecule has 1 N–H and O–H groups in total. The van der Waals surface area contributed by atoms with Crippen LogP contribution in [0.4, 0.5) is 5.69 Å². The second-order valence-corrected chi connectivity index (χ2v) is 7.28. The third-order valence-corrected chi connectivity index (χ3v) is 5.23. The van der Waals surface area contributed by atoms with Crippen LogP contribution in [0.1, 0.15) is 44.0 Å². The van der Waals surface area contributed by atoms with Crippen molar-refractivity contribution in [2.75, 3.05) is 5.32 Å². The van der Waals surface area contributed by atoms with Crippen LogP contribution in [0.25, 0.3) is 0 Å². The van der Waals surface area contributed by atoms with Crippen molar-refractivity contribution >= 4 is 23.4 Å². The normalized spacial score (nSPS) is 15.4. The number of carbonyl (C=O) groups is 1. The number of thioether (sulfide) groups is 1. The molecule has 1 aromatic carbocycles. The van der Waals surface area contributed by atoms with Crippen LogP contribution in [-0.4, -0.2) is 25.9 Å². The standard InChI is InChI=1S/C17H22N4OS/c1-4-12-5-9-14(10-6-12)18-16(22)11(2)23-17-20-19-15(21(17)3)13-7-8-13/h5-6,9-11,13H,4,7-8H2,1-3H3,(H,18,22)/t11-/m1/s1. The van der Waals surface area contributed by atoms with Crippen molar-refractivity contribution < 1.29 is 4.79 Å². The number of carbonyl (C=O) groups excluding carboxylic acids is 1. The molecule has 1 amide bonds. The SMILES string of the molecule is CCc1ccc(NC(=O)[C@@H](C)Sc2nnc(C3CC3)n2C)cc1. The average Bonchev–Trinajstić information content (AvgIpc) is 3.33. The van der Waals surface area contributed by atoms with Crippen molar-refractivity contribution in [2.24, 2.45) is 7.05 Å². The number of benzene rings is 1. The quantitative estimate of drug-likeness (QED) is 0.825. The van der Waals surface area contributed by atoms with Crippen molar-refractivity contribution in [3.05, 3.63) is 35.7 Å². The van der Waals surface area contributed by atoms with Crippen LogP contribution in [0.5, 0.6) is 0 Å². The molecule has 1 heterocycles. The lowest BCUT2D eigenvalue weighted by atomic mass is 10.1. The molecule has 1 atom stereocenters. The van der Waals surface area contributed by atoms with E-state index in [9.17, 15) is 4.79 Å². The predicted octanol–water partition coefficient (Wildman–Crippen LogP) is 3.37. The number of hydrogen-bond donors (Lipinski definition) is 1. The van der Waals surface area contributed by atoms with Crippen LogP contribution in [0.2, 0.25) is 0 Å². The Kier molecular flexibility index (Phi) is 4.71. The summed E-state index contributed by atoms with van der Waals surface area (Å²) >= 11 is 1.45. The highest BCUT2D eigenvalue weighted by molar-refractivity contribution is 8.00. The van der Waals surface area contributed by atoms with Gasteiger partial charge in [0.15, 0.2) is 5.16 Å². The molecular formula is C17H22N4OS. The Morgan fingerprint density at radius 2 is 2.04 bits per heavy atom. The molecule has 0 unspecified atom stereocenters. The molecule has 1 aliphatic rings. The van der Waals surface area contributed by atoms with Gasteiger partial charge in [0, 0.05) is 18.7 Å². The Hall–Kier alpha value is -1.82. The summed E-state index contributed by atoms with van der Waals surface area (Å²) in [7, 11) is 1.98. The molecule has 0 saturated heterocycles. The van der Waals surface area contributed by atoms with E-state index in [0.717, 1.165) is 23.1 Å². The maximum Gasteiger partial charge on any atom is 0.237 e. The van der Waals surface area contributed by atoms with Gasteiger partial charge in [0.1, 0.15) is 5.82 Å². The minimum atomic E-state index is -0.226. The van der Waals surface area contributed by atoms with E-state index in [2.05, 4.69) is 22.4 Å². The molecular weight excluding hydrogens is 308 g/mol. The molecule has 2 aromatic rings. The summed E-state index contributed by atoms with van der Waals surface area (Å²) in [4.78, 5) is 12.3. The van der Waals surface area contributed by atoms with Gasteiger partial charge in [-0.1, -0.05) is 30.8 Å². The van der Waals surface area contributed by atoms with Gasteiger partial charge in [0.25, 0.3) is 0 Å². The topological polar surface area (TPSA) is 59.8 Å². The monoisotopic (exact) mass is 330 g/mol. The summed E-state index contributed by atoms with van der Waals surface area (Å²) in [6, 6.07) is 7.97. The molecule has 0 spiro atoms. The lowest BCUT2D eigenvalue weighted by Gasteiger charge is -2.12. The summed E-state index contributed by atoms with van der Waals surface area (Å²) in [5.41, 5.74) is 2.09. The summed E-state index contributed by atoms with van der Waals surface area (Å²) in [5.74, 6) is 1.58. The van der Waals surface area contributed by atoms with Gasteiger partial charge >= 0.3 is 0 Å². The van der Waals surface area contributed by atoms with Crippen LogP contribution < -0.4 is 5.32 Å². The molecule has 1 aliphatic carbocycles. The smallest absolute Gasteiger partial charge is 0.237 e.